The molecule has 0 saturated carbocycles. The summed E-state index contributed by atoms with van der Waals surface area (Å²) in [5, 5.41) is 7.67. The van der Waals surface area contributed by atoms with Crippen LogP contribution in [0.4, 0.5) is 5.69 Å². The number of anilines is 1. The number of hydrazone groups is 1. The maximum Gasteiger partial charge on any atom is 0.191 e. The number of hydrogen-bond donors (Lipinski definition) is 2. The molecule has 0 spiro atoms. The average Bonchev–Trinajstić information content (AvgIpc) is 2.75. The van der Waals surface area contributed by atoms with Gasteiger partial charge in [-0.2, -0.15) is 5.10 Å². The SMILES string of the molecule is CCOc1cc(/C=N\NC(=S)Nc2ccccc2)ccc1OCc1ccc(Br)cc1. The van der Waals surface area contributed by atoms with Crippen molar-refractivity contribution in [1.82, 2.24) is 5.43 Å². The standard InChI is InChI=1S/C23H22BrN3O2S/c1-2-28-22-14-18(15-25-27-23(30)26-20-6-4-3-5-7-20)10-13-21(22)29-16-17-8-11-19(24)12-9-17/h3-15H,2,16H2,1H3,(H2,26,27,30)/b25-15-. The summed E-state index contributed by atoms with van der Waals surface area (Å²) in [6, 6.07) is 23.4. The zero-order valence-electron chi connectivity index (χ0n) is 16.5. The van der Waals surface area contributed by atoms with Gasteiger partial charge < -0.3 is 14.8 Å². The molecule has 0 heterocycles. The Morgan fingerprint density at radius 3 is 2.50 bits per heavy atom. The summed E-state index contributed by atoms with van der Waals surface area (Å²) in [6.45, 7) is 2.94. The highest BCUT2D eigenvalue weighted by molar-refractivity contribution is 9.10. The van der Waals surface area contributed by atoms with Crippen molar-refractivity contribution >= 4 is 45.2 Å². The Balaban J connectivity index is 1.60. The highest BCUT2D eigenvalue weighted by Gasteiger charge is 2.07. The third-order valence-corrected chi connectivity index (χ3v) is 4.71. The number of ether oxygens (including phenoxy) is 2. The van der Waals surface area contributed by atoms with Gasteiger partial charge in [-0.3, -0.25) is 5.43 Å². The van der Waals surface area contributed by atoms with E-state index in [1.165, 1.54) is 0 Å². The van der Waals surface area contributed by atoms with Gasteiger partial charge in [0.05, 0.1) is 12.8 Å². The van der Waals surface area contributed by atoms with Crippen LogP contribution in [0.1, 0.15) is 18.1 Å². The van der Waals surface area contributed by atoms with Crippen molar-refractivity contribution in [1.29, 1.82) is 0 Å². The third-order valence-electron chi connectivity index (χ3n) is 3.99. The Kier molecular flexibility index (Phi) is 8.23. The lowest BCUT2D eigenvalue weighted by Gasteiger charge is -2.13. The largest absolute Gasteiger partial charge is 0.490 e. The molecule has 154 valence electrons. The van der Waals surface area contributed by atoms with Crippen molar-refractivity contribution in [2.24, 2.45) is 5.10 Å². The summed E-state index contributed by atoms with van der Waals surface area (Å²) in [5.41, 5.74) is 5.65. The van der Waals surface area contributed by atoms with Crippen LogP contribution in [0.5, 0.6) is 11.5 Å². The number of nitrogens with zero attached hydrogens (tertiary/aromatic N) is 1. The van der Waals surface area contributed by atoms with E-state index in [-0.39, 0.29) is 0 Å². The predicted molar refractivity (Wildman–Crippen MR) is 129 cm³/mol. The molecule has 0 aliphatic heterocycles. The lowest BCUT2D eigenvalue weighted by atomic mass is 10.2. The Bertz CT molecular complexity index is 995. The fourth-order valence-electron chi connectivity index (χ4n) is 2.58. The summed E-state index contributed by atoms with van der Waals surface area (Å²) < 4.78 is 12.7. The molecular weight excluding hydrogens is 462 g/mol. The molecule has 2 N–H and O–H groups in total. The van der Waals surface area contributed by atoms with E-state index in [1.807, 2.05) is 79.7 Å². The smallest absolute Gasteiger partial charge is 0.191 e. The normalized spacial score (nSPS) is 10.6. The summed E-state index contributed by atoms with van der Waals surface area (Å²) in [4.78, 5) is 0. The molecule has 0 bridgehead atoms. The van der Waals surface area contributed by atoms with Crippen LogP contribution in [0.3, 0.4) is 0 Å². The molecule has 3 rings (SSSR count). The minimum atomic E-state index is 0.414. The summed E-state index contributed by atoms with van der Waals surface area (Å²) in [7, 11) is 0. The van der Waals surface area contributed by atoms with E-state index >= 15 is 0 Å². The van der Waals surface area contributed by atoms with Crippen LogP contribution in [0, 0.1) is 0 Å². The predicted octanol–water partition coefficient (Wildman–Crippen LogP) is 5.75. The van der Waals surface area contributed by atoms with Crippen LogP contribution >= 0.6 is 28.1 Å². The number of rotatable bonds is 8. The van der Waals surface area contributed by atoms with Crippen molar-refractivity contribution in [3.05, 3.63) is 88.4 Å². The molecule has 3 aromatic carbocycles. The molecule has 3 aromatic rings. The van der Waals surface area contributed by atoms with Crippen LogP contribution in [0.15, 0.2) is 82.4 Å². The molecule has 0 unspecified atom stereocenters. The second-order valence-corrected chi connectivity index (χ2v) is 7.57. The van der Waals surface area contributed by atoms with Gasteiger partial charge >= 0.3 is 0 Å². The lowest BCUT2D eigenvalue weighted by Crippen LogP contribution is -2.23. The Labute approximate surface area is 190 Å². The summed E-state index contributed by atoms with van der Waals surface area (Å²) >= 11 is 8.68. The monoisotopic (exact) mass is 483 g/mol. The number of hydrogen-bond acceptors (Lipinski definition) is 4. The van der Waals surface area contributed by atoms with Crippen molar-refractivity contribution in [3.8, 4) is 11.5 Å². The van der Waals surface area contributed by atoms with Gasteiger partial charge in [-0.15, -0.1) is 0 Å². The van der Waals surface area contributed by atoms with Crippen LogP contribution in [0.25, 0.3) is 0 Å². The number of halogens is 1. The first-order valence-corrected chi connectivity index (χ1v) is 10.6. The van der Waals surface area contributed by atoms with E-state index in [0.717, 1.165) is 21.3 Å². The van der Waals surface area contributed by atoms with Crippen molar-refractivity contribution in [2.45, 2.75) is 13.5 Å². The lowest BCUT2D eigenvalue weighted by molar-refractivity contribution is 0.269. The van der Waals surface area contributed by atoms with Crippen molar-refractivity contribution in [2.75, 3.05) is 11.9 Å². The first-order chi connectivity index (χ1) is 14.6. The van der Waals surface area contributed by atoms with E-state index in [2.05, 4.69) is 31.8 Å². The summed E-state index contributed by atoms with van der Waals surface area (Å²) in [6.07, 6.45) is 1.68. The fraction of sp³-hybridized carbons (Fsp3) is 0.130. The van der Waals surface area contributed by atoms with Gasteiger partial charge in [-0.05, 0) is 72.7 Å². The highest BCUT2D eigenvalue weighted by Crippen LogP contribution is 2.29. The molecular formula is C23H22BrN3O2S. The maximum atomic E-state index is 5.95. The van der Waals surface area contributed by atoms with E-state index in [1.54, 1.807) is 6.21 Å². The molecule has 0 fully saturated rings. The Morgan fingerprint density at radius 1 is 1.00 bits per heavy atom. The van der Waals surface area contributed by atoms with Gasteiger partial charge in [-0.25, -0.2) is 0 Å². The molecule has 0 aliphatic carbocycles. The van der Waals surface area contributed by atoms with Gasteiger partial charge in [0.25, 0.3) is 0 Å². The molecule has 0 saturated heterocycles. The second-order valence-electron chi connectivity index (χ2n) is 6.24. The number of para-hydroxylation sites is 1. The molecule has 5 nitrogen and oxygen atoms in total. The average molecular weight is 484 g/mol. The zero-order valence-corrected chi connectivity index (χ0v) is 18.9. The zero-order chi connectivity index (χ0) is 21.2. The Morgan fingerprint density at radius 2 is 1.77 bits per heavy atom. The quantitative estimate of drug-likeness (QED) is 0.242. The van der Waals surface area contributed by atoms with Crippen LogP contribution in [-0.2, 0) is 6.61 Å². The third kappa shape index (κ3) is 6.86. The van der Waals surface area contributed by atoms with E-state index in [9.17, 15) is 0 Å². The first-order valence-electron chi connectivity index (χ1n) is 9.43. The van der Waals surface area contributed by atoms with E-state index in [4.69, 9.17) is 21.7 Å². The number of benzene rings is 3. The molecule has 0 aliphatic rings. The second kappa shape index (κ2) is 11.3. The minimum absolute atomic E-state index is 0.414. The number of nitrogens with one attached hydrogen (secondary N) is 2. The molecule has 7 heteroatoms. The summed E-state index contributed by atoms with van der Waals surface area (Å²) in [5.74, 6) is 1.36. The molecule has 0 radical (unpaired) electrons. The van der Waals surface area contributed by atoms with E-state index < -0.39 is 0 Å². The fourth-order valence-corrected chi connectivity index (χ4v) is 3.02. The Hall–Kier alpha value is -2.90. The molecule has 30 heavy (non-hydrogen) atoms. The molecule has 0 amide bonds. The van der Waals surface area contributed by atoms with Gasteiger partial charge in [0.15, 0.2) is 16.6 Å². The molecule has 0 atom stereocenters. The highest BCUT2D eigenvalue weighted by atomic mass is 79.9. The number of thiocarbonyl (C=S) groups is 1. The van der Waals surface area contributed by atoms with Gasteiger partial charge in [0, 0.05) is 10.2 Å². The van der Waals surface area contributed by atoms with Gasteiger partial charge in [0.2, 0.25) is 0 Å². The first kappa shape index (κ1) is 21.8. The van der Waals surface area contributed by atoms with Crippen LogP contribution in [-0.4, -0.2) is 17.9 Å². The van der Waals surface area contributed by atoms with Crippen molar-refractivity contribution in [3.63, 3.8) is 0 Å². The van der Waals surface area contributed by atoms with Crippen LogP contribution in [0.2, 0.25) is 0 Å². The van der Waals surface area contributed by atoms with Gasteiger partial charge in [0.1, 0.15) is 6.61 Å². The van der Waals surface area contributed by atoms with Crippen molar-refractivity contribution < 1.29 is 9.47 Å². The van der Waals surface area contributed by atoms with Gasteiger partial charge in [-0.1, -0.05) is 46.3 Å². The minimum Gasteiger partial charge on any atom is -0.490 e. The topological polar surface area (TPSA) is 54.9 Å². The van der Waals surface area contributed by atoms with E-state index in [0.29, 0.717) is 29.8 Å². The molecule has 0 aromatic heterocycles. The van der Waals surface area contributed by atoms with Crippen LogP contribution < -0.4 is 20.2 Å². The maximum absolute atomic E-state index is 5.95.